The van der Waals surface area contributed by atoms with Gasteiger partial charge in [-0.05, 0) is 23.6 Å². The minimum Gasteiger partial charge on any atom is -0.378 e. The van der Waals surface area contributed by atoms with Crippen LogP contribution >= 0.6 is 0 Å². The van der Waals surface area contributed by atoms with Crippen LogP contribution in [0.1, 0.15) is 0 Å². The molecule has 1 aliphatic rings. The molecule has 7 nitrogen and oxygen atoms in total. The largest absolute Gasteiger partial charge is 0.378 e. The van der Waals surface area contributed by atoms with Crippen LogP contribution in [0.5, 0.6) is 0 Å². The summed E-state index contributed by atoms with van der Waals surface area (Å²) in [4.78, 5) is 23.8. The maximum absolute atomic E-state index is 12.2. The second-order valence-electron chi connectivity index (χ2n) is 5.46. The normalized spacial score (nSPS) is 17.9. The van der Waals surface area contributed by atoms with E-state index in [1.54, 1.807) is 7.05 Å². The Morgan fingerprint density at radius 1 is 1.39 bits per heavy atom. The maximum atomic E-state index is 12.2. The first kappa shape index (κ1) is 15.5. The highest BCUT2D eigenvalue weighted by Gasteiger charge is 2.21. The van der Waals surface area contributed by atoms with Crippen molar-refractivity contribution in [2.24, 2.45) is 0 Å². The number of aromatic nitrogens is 1. The Bertz CT molecular complexity index is 719. The summed E-state index contributed by atoms with van der Waals surface area (Å²) in [5.74, 6) is -0.186. The summed E-state index contributed by atoms with van der Waals surface area (Å²) in [5.41, 5.74) is 1.60. The van der Waals surface area contributed by atoms with Gasteiger partial charge in [-0.25, -0.2) is 0 Å². The van der Waals surface area contributed by atoms with Gasteiger partial charge < -0.3 is 25.3 Å². The van der Waals surface area contributed by atoms with Crippen LogP contribution in [0, 0.1) is 0 Å². The van der Waals surface area contributed by atoms with Crippen molar-refractivity contribution in [3.8, 4) is 0 Å². The molecule has 0 bridgehead atoms. The van der Waals surface area contributed by atoms with Gasteiger partial charge in [-0.2, -0.15) is 0 Å². The summed E-state index contributed by atoms with van der Waals surface area (Å²) >= 11 is 0. The Kier molecular flexibility index (Phi) is 4.59. The molecule has 1 fully saturated rings. The molecule has 1 atom stereocenters. The van der Waals surface area contributed by atoms with Crippen molar-refractivity contribution >= 4 is 28.4 Å². The molecule has 0 spiro atoms. The van der Waals surface area contributed by atoms with Crippen molar-refractivity contribution in [2.75, 3.05) is 32.1 Å². The van der Waals surface area contributed by atoms with Crippen molar-refractivity contribution in [1.82, 2.24) is 15.2 Å². The molecule has 1 unspecified atom stereocenters. The van der Waals surface area contributed by atoms with Gasteiger partial charge >= 0.3 is 0 Å². The number of hydrogen-bond acceptors (Lipinski definition) is 4. The zero-order valence-electron chi connectivity index (χ0n) is 13.0. The van der Waals surface area contributed by atoms with Crippen molar-refractivity contribution in [1.29, 1.82) is 0 Å². The van der Waals surface area contributed by atoms with Crippen molar-refractivity contribution in [3.63, 3.8) is 0 Å². The average Bonchev–Trinajstić information content (AvgIpc) is 2.98. The minimum absolute atomic E-state index is 0.0690. The Morgan fingerprint density at radius 3 is 3.00 bits per heavy atom. The van der Waals surface area contributed by atoms with E-state index in [-0.39, 0.29) is 24.4 Å². The van der Waals surface area contributed by atoms with E-state index in [4.69, 9.17) is 4.74 Å². The fourth-order valence-corrected chi connectivity index (χ4v) is 2.60. The monoisotopic (exact) mass is 316 g/mol. The van der Waals surface area contributed by atoms with Crippen LogP contribution in [0.15, 0.2) is 30.5 Å². The zero-order chi connectivity index (χ0) is 16.2. The number of rotatable bonds is 4. The van der Waals surface area contributed by atoms with E-state index in [9.17, 15) is 9.59 Å². The predicted octanol–water partition coefficient (Wildman–Crippen LogP) is 0.314. The van der Waals surface area contributed by atoms with Gasteiger partial charge in [0.1, 0.15) is 12.6 Å². The molecule has 1 saturated heterocycles. The van der Waals surface area contributed by atoms with E-state index in [2.05, 4.69) is 16.0 Å². The number of likely N-dealkylation sites (N-methyl/N-ethyl adjacent to an activating group) is 1. The quantitative estimate of drug-likeness (QED) is 0.758. The molecule has 1 aromatic carbocycles. The fourth-order valence-electron chi connectivity index (χ4n) is 2.60. The van der Waals surface area contributed by atoms with Crippen molar-refractivity contribution < 1.29 is 14.3 Å². The smallest absolute Gasteiger partial charge is 0.243 e. The van der Waals surface area contributed by atoms with Crippen LogP contribution in [0.3, 0.4) is 0 Å². The van der Waals surface area contributed by atoms with E-state index in [0.717, 1.165) is 10.9 Å². The molecule has 0 aliphatic carbocycles. The number of hydrogen-bond donors (Lipinski definition) is 3. The van der Waals surface area contributed by atoms with Gasteiger partial charge in [0, 0.05) is 25.5 Å². The van der Waals surface area contributed by atoms with Crippen LogP contribution in [0.25, 0.3) is 10.9 Å². The Hall–Kier alpha value is -2.38. The standard InChI is InChI=1S/C16H20N4O3/c1-17-15(21)9-20-6-4-11-2-3-12(8-14(11)20)19-16(22)13-10-23-7-5-18-13/h2-4,6,8,13,18H,5,7,9-10H2,1H3,(H,17,21)(H,19,22). The van der Waals surface area contributed by atoms with Gasteiger partial charge in [-0.1, -0.05) is 6.07 Å². The molecule has 23 heavy (non-hydrogen) atoms. The summed E-state index contributed by atoms with van der Waals surface area (Å²) in [5, 5.41) is 9.64. The second kappa shape index (κ2) is 6.80. The number of nitrogens with one attached hydrogen (secondary N) is 3. The van der Waals surface area contributed by atoms with Gasteiger partial charge in [0.25, 0.3) is 0 Å². The van der Waals surface area contributed by atoms with Crippen molar-refractivity contribution in [2.45, 2.75) is 12.6 Å². The van der Waals surface area contributed by atoms with Crippen molar-refractivity contribution in [3.05, 3.63) is 30.5 Å². The van der Waals surface area contributed by atoms with Gasteiger partial charge in [-0.15, -0.1) is 0 Å². The highest BCUT2D eigenvalue weighted by atomic mass is 16.5. The molecule has 0 radical (unpaired) electrons. The lowest BCUT2D eigenvalue weighted by Crippen LogP contribution is -2.48. The van der Waals surface area contributed by atoms with Gasteiger partial charge in [-0.3, -0.25) is 9.59 Å². The number of benzene rings is 1. The summed E-state index contributed by atoms with van der Waals surface area (Å²) in [6.07, 6.45) is 1.86. The SMILES string of the molecule is CNC(=O)Cn1ccc2ccc(NC(=O)C3COCCN3)cc21. The number of anilines is 1. The second-order valence-corrected chi connectivity index (χ2v) is 5.46. The molecule has 2 amide bonds. The molecule has 1 aliphatic heterocycles. The molecular formula is C16H20N4O3. The number of carbonyl (C=O) groups excluding carboxylic acids is 2. The first-order valence-corrected chi connectivity index (χ1v) is 7.59. The molecule has 3 rings (SSSR count). The third kappa shape index (κ3) is 3.52. The van der Waals surface area contributed by atoms with Crippen LogP contribution in [0.4, 0.5) is 5.69 Å². The molecule has 7 heteroatoms. The number of carbonyl (C=O) groups is 2. The molecular weight excluding hydrogens is 296 g/mol. The van der Waals surface area contributed by atoms with Gasteiger partial charge in [0.2, 0.25) is 11.8 Å². The van der Waals surface area contributed by atoms with E-state index in [1.165, 1.54) is 0 Å². The summed E-state index contributed by atoms with van der Waals surface area (Å²) in [7, 11) is 1.61. The van der Waals surface area contributed by atoms with Gasteiger partial charge in [0.05, 0.1) is 18.7 Å². The van der Waals surface area contributed by atoms with Crippen LogP contribution in [0.2, 0.25) is 0 Å². The fraction of sp³-hybridized carbons (Fsp3) is 0.375. The van der Waals surface area contributed by atoms with E-state index < -0.39 is 0 Å². The average molecular weight is 316 g/mol. The first-order chi connectivity index (χ1) is 11.2. The lowest BCUT2D eigenvalue weighted by molar-refractivity contribution is -0.121. The highest BCUT2D eigenvalue weighted by molar-refractivity contribution is 5.97. The molecule has 2 aromatic rings. The van der Waals surface area contributed by atoms with Gasteiger partial charge in [0.15, 0.2) is 0 Å². The van der Waals surface area contributed by atoms with Crippen LogP contribution in [-0.4, -0.2) is 49.2 Å². The Balaban J connectivity index is 1.77. The third-order valence-corrected chi connectivity index (χ3v) is 3.87. The zero-order valence-corrected chi connectivity index (χ0v) is 13.0. The minimum atomic E-state index is -0.336. The number of nitrogens with zero attached hydrogens (tertiary/aromatic N) is 1. The Labute approximate surface area is 134 Å². The maximum Gasteiger partial charge on any atom is 0.243 e. The molecule has 0 saturated carbocycles. The molecule has 122 valence electrons. The number of ether oxygens (including phenoxy) is 1. The summed E-state index contributed by atoms with van der Waals surface area (Å²) in [6.45, 7) is 1.92. The van der Waals surface area contributed by atoms with Crippen LogP contribution in [-0.2, 0) is 20.9 Å². The van der Waals surface area contributed by atoms with Crippen LogP contribution < -0.4 is 16.0 Å². The number of morpholine rings is 1. The summed E-state index contributed by atoms with van der Waals surface area (Å²) in [6, 6.07) is 7.27. The van der Waals surface area contributed by atoms with E-state index in [1.807, 2.05) is 35.0 Å². The molecule has 2 heterocycles. The predicted molar refractivity (Wildman–Crippen MR) is 87.2 cm³/mol. The highest BCUT2D eigenvalue weighted by Crippen LogP contribution is 2.21. The molecule has 3 N–H and O–H groups in total. The topological polar surface area (TPSA) is 84.4 Å². The third-order valence-electron chi connectivity index (χ3n) is 3.87. The number of fused-ring (bicyclic) bond motifs is 1. The number of amides is 2. The molecule has 1 aromatic heterocycles. The lowest BCUT2D eigenvalue weighted by atomic mass is 10.2. The summed E-state index contributed by atoms with van der Waals surface area (Å²) < 4.78 is 7.16. The van der Waals surface area contributed by atoms with E-state index in [0.29, 0.717) is 25.4 Å². The lowest BCUT2D eigenvalue weighted by Gasteiger charge is -2.22. The van der Waals surface area contributed by atoms with E-state index >= 15 is 0 Å². The first-order valence-electron chi connectivity index (χ1n) is 7.59. The Morgan fingerprint density at radius 2 is 2.26 bits per heavy atom.